The van der Waals surface area contributed by atoms with E-state index in [2.05, 4.69) is 39.8 Å². The molecule has 1 aromatic heterocycles. The predicted molar refractivity (Wildman–Crippen MR) is 140 cm³/mol. The van der Waals surface area contributed by atoms with E-state index < -0.39 is 0 Å². The number of hydrogen-bond acceptors (Lipinski definition) is 5. The lowest BCUT2D eigenvalue weighted by Crippen LogP contribution is -2.26. The standard InChI is InChI=1S/C28H30N4O2S/c1-2-34-25-17-15-24(16-18-25)32-26(20-23-12-7-4-8-13-23)30-31-28(32)35-21-27(33)29-19-9-14-22-10-5-3-6-11-22/h3-8,10-13,15-18H,2,9,14,19-21H2,1H3,(H,29,33). The minimum absolute atomic E-state index is 0.00563. The van der Waals surface area contributed by atoms with Crippen molar-refractivity contribution < 1.29 is 9.53 Å². The van der Waals surface area contributed by atoms with Crippen LogP contribution in [0.15, 0.2) is 90.1 Å². The number of thioether (sulfide) groups is 1. The van der Waals surface area contributed by atoms with Gasteiger partial charge in [0.15, 0.2) is 5.16 Å². The lowest BCUT2D eigenvalue weighted by molar-refractivity contribution is -0.118. The molecule has 0 radical (unpaired) electrons. The van der Waals surface area contributed by atoms with Crippen molar-refractivity contribution in [3.8, 4) is 11.4 Å². The summed E-state index contributed by atoms with van der Waals surface area (Å²) in [5.74, 6) is 1.92. The maximum absolute atomic E-state index is 12.5. The average molecular weight is 487 g/mol. The topological polar surface area (TPSA) is 69.0 Å². The first-order valence-electron chi connectivity index (χ1n) is 11.9. The van der Waals surface area contributed by atoms with E-state index in [-0.39, 0.29) is 11.7 Å². The van der Waals surface area contributed by atoms with Crippen LogP contribution in [0.3, 0.4) is 0 Å². The van der Waals surface area contributed by atoms with Crippen LogP contribution >= 0.6 is 11.8 Å². The van der Waals surface area contributed by atoms with E-state index in [1.54, 1.807) is 0 Å². The molecule has 0 fully saturated rings. The Balaban J connectivity index is 1.41. The summed E-state index contributed by atoms with van der Waals surface area (Å²) in [4.78, 5) is 12.5. The van der Waals surface area contributed by atoms with Crippen molar-refractivity contribution in [2.24, 2.45) is 0 Å². The van der Waals surface area contributed by atoms with Crippen LogP contribution in [0.25, 0.3) is 5.69 Å². The second kappa shape index (κ2) is 12.8. The normalized spacial score (nSPS) is 10.8. The van der Waals surface area contributed by atoms with Crippen molar-refractivity contribution in [1.29, 1.82) is 0 Å². The Morgan fingerprint density at radius 2 is 1.60 bits per heavy atom. The maximum atomic E-state index is 12.5. The lowest BCUT2D eigenvalue weighted by Gasteiger charge is -2.12. The Morgan fingerprint density at radius 3 is 2.29 bits per heavy atom. The van der Waals surface area contributed by atoms with Gasteiger partial charge in [-0.25, -0.2) is 0 Å². The Kier molecular flexibility index (Phi) is 8.95. The summed E-state index contributed by atoms with van der Waals surface area (Å²) in [7, 11) is 0. The summed E-state index contributed by atoms with van der Waals surface area (Å²) in [6.07, 6.45) is 2.50. The van der Waals surface area contributed by atoms with Gasteiger partial charge in [0.1, 0.15) is 11.6 Å². The molecule has 0 unspecified atom stereocenters. The van der Waals surface area contributed by atoms with Crippen LogP contribution in [0.2, 0.25) is 0 Å². The molecule has 4 aromatic rings. The number of rotatable bonds is 12. The minimum atomic E-state index is -0.00563. The van der Waals surface area contributed by atoms with Gasteiger partial charge in [-0.1, -0.05) is 72.4 Å². The summed E-state index contributed by atoms with van der Waals surface area (Å²) < 4.78 is 7.61. The first kappa shape index (κ1) is 24.5. The first-order valence-corrected chi connectivity index (χ1v) is 12.9. The highest BCUT2D eigenvalue weighted by molar-refractivity contribution is 7.99. The molecular weight excluding hydrogens is 456 g/mol. The molecule has 0 aliphatic rings. The third kappa shape index (κ3) is 7.20. The van der Waals surface area contributed by atoms with Gasteiger partial charge >= 0.3 is 0 Å². The molecule has 35 heavy (non-hydrogen) atoms. The molecule has 0 spiro atoms. The lowest BCUT2D eigenvalue weighted by atomic mass is 10.1. The molecule has 3 aromatic carbocycles. The van der Waals surface area contributed by atoms with Crippen molar-refractivity contribution in [1.82, 2.24) is 20.1 Å². The molecule has 0 aliphatic carbocycles. The van der Waals surface area contributed by atoms with Gasteiger partial charge in [-0.05, 0) is 55.2 Å². The number of aromatic nitrogens is 3. The van der Waals surface area contributed by atoms with Crippen LogP contribution in [-0.4, -0.2) is 39.6 Å². The van der Waals surface area contributed by atoms with Crippen LogP contribution in [0.4, 0.5) is 0 Å². The van der Waals surface area contributed by atoms with E-state index in [0.29, 0.717) is 24.7 Å². The number of nitrogens with one attached hydrogen (secondary N) is 1. The number of carbonyl (C=O) groups is 1. The summed E-state index contributed by atoms with van der Waals surface area (Å²) in [6.45, 7) is 3.24. The fraction of sp³-hybridized carbons (Fsp3) is 0.250. The average Bonchev–Trinajstić information content (AvgIpc) is 3.29. The number of benzene rings is 3. The van der Waals surface area contributed by atoms with Crippen molar-refractivity contribution in [2.75, 3.05) is 18.9 Å². The Labute approximate surface area is 210 Å². The predicted octanol–water partition coefficient (Wildman–Crippen LogP) is 5.10. The largest absolute Gasteiger partial charge is 0.494 e. The third-order valence-electron chi connectivity index (χ3n) is 5.45. The monoisotopic (exact) mass is 486 g/mol. The molecule has 0 bridgehead atoms. The van der Waals surface area contributed by atoms with E-state index in [1.165, 1.54) is 17.3 Å². The van der Waals surface area contributed by atoms with Crippen LogP contribution in [-0.2, 0) is 17.6 Å². The molecule has 180 valence electrons. The summed E-state index contributed by atoms with van der Waals surface area (Å²) in [5.41, 5.74) is 3.38. The number of amides is 1. The van der Waals surface area contributed by atoms with Crippen LogP contribution < -0.4 is 10.1 Å². The minimum Gasteiger partial charge on any atom is -0.494 e. The van der Waals surface area contributed by atoms with Crippen LogP contribution in [0.1, 0.15) is 30.3 Å². The highest BCUT2D eigenvalue weighted by atomic mass is 32.2. The van der Waals surface area contributed by atoms with Gasteiger partial charge in [0, 0.05) is 18.7 Å². The molecule has 1 amide bonds. The molecule has 6 nitrogen and oxygen atoms in total. The zero-order chi connectivity index (χ0) is 24.3. The third-order valence-corrected chi connectivity index (χ3v) is 6.38. The fourth-order valence-electron chi connectivity index (χ4n) is 3.75. The molecule has 7 heteroatoms. The van der Waals surface area contributed by atoms with Gasteiger partial charge < -0.3 is 10.1 Å². The molecular formula is C28H30N4O2S. The highest BCUT2D eigenvalue weighted by Crippen LogP contribution is 2.25. The van der Waals surface area contributed by atoms with Crippen LogP contribution in [0.5, 0.6) is 5.75 Å². The van der Waals surface area contributed by atoms with Gasteiger partial charge in [-0.2, -0.15) is 0 Å². The summed E-state index contributed by atoms with van der Waals surface area (Å²) in [5, 5.41) is 12.6. The second-order valence-electron chi connectivity index (χ2n) is 8.05. The Hall–Kier alpha value is -3.58. The zero-order valence-corrected chi connectivity index (χ0v) is 20.7. The van der Waals surface area contributed by atoms with E-state index in [1.807, 2.05) is 72.2 Å². The van der Waals surface area contributed by atoms with Crippen molar-refractivity contribution >= 4 is 17.7 Å². The molecule has 0 aliphatic heterocycles. The SMILES string of the molecule is CCOc1ccc(-n2c(Cc3ccccc3)nnc2SCC(=O)NCCCc2ccccc2)cc1. The van der Waals surface area contributed by atoms with Gasteiger partial charge in [0.25, 0.3) is 0 Å². The molecule has 0 saturated carbocycles. The highest BCUT2D eigenvalue weighted by Gasteiger charge is 2.16. The fourth-order valence-corrected chi connectivity index (χ4v) is 4.55. The molecule has 0 atom stereocenters. The van der Waals surface area contributed by atoms with Crippen molar-refractivity contribution in [3.63, 3.8) is 0 Å². The van der Waals surface area contributed by atoms with E-state index in [9.17, 15) is 4.79 Å². The second-order valence-corrected chi connectivity index (χ2v) is 8.99. The maximum Gasteiger partial charge on any atom is 0.230 e. The number of hydrogen-bond donors (Lipinski definition) is 1. The molecule has 1 heterocycles. The van der Waals surface area contributed by atoms with Crippen molar-refractivity contribution in [3.05, 3.63) is 102 Å². The van der Waals surface area contributed by atoms with E-state index in [4.69, 9.17) is 4.74 Å². The van der Waals surface area contributed by atoms with Gasteiger partial charge in [-0.3, -0.25) is 9.36 Å². The summed E-state index contributed by atoms with van der Waals surface area (Å²) in [6, 6.07) is 28.4. The Morgan fingerprint density at radius 1 is 0.914 bits per heavy atom. The van der Waals surface area contributed by atoms with Gasteiger partial charge in [-0.15, -0.1) is 10.2 Å². The number of carbonyl (C=O) groups excluding carboxylic acids is 1. The molecule has 1 N–H and O–H groups in total. The number of aryl methyl sites for hydroxylation is 1. The van der Waals surface area contributed by atoms with E-state index in [0.717, 1.165) is 35.7 Å². The number of ether oxygens (including phenoxy) is 1. The first-order chi connectivity index (χ1) is 17.2. The van der Waals surface area contributed by atoms with Gasteiger partial charge in [0.05, 0.1) is 12.4 Å². The smallest absolute Gasteiger partial charge is 0.230 e. The molecule has 0 saturated heterocycles. The zero-order valence-electron chi connectivity index (χ0n) is 19.9. The Bertz CT molecular complexity index is 1190. The van der Waals surface area contributed by atoms with E-state index >= 15 is 0 Å². The van der Waals surface area contributed by atoms with Crippen LogP contribution in [0, 0.1) is 0 Å². The van der Waals surface area contributed by atoms with Crippen molar-refractivity contribution in [2.45, 2.75) is 31.3 Å². The quantitative estimate of drug-likeness (QED) is 0.223. The summed E-state index contributed by atoms with van der Waals surface area (Å²) >= 11 is 1.40. The van der Waals surface area contributed by atoms with Gasteiger partial charge in [0.2, 0.25) is 5.91 Å². The molecule has 4 rings (SSSR count). The number of nitrogens with zero attached hydrogens (tertiary/aromatic N) is 3.